The first-order chi connectivity index (χ1) is 22.0. The van der Waals surface area contributed by atoms with Crippen LogP contribution in [0.3, 0.4) is 0 Å². The molecule has 10 nitrogen and oxygen atoms in total. The summed E-state index contributed by atoms with van der Waals surface area (Å²) in [7, 11) is 4.33. The molecule has 0 unspecified atom stereocenters. The number of aromatic nitrogens is 2. The van der Waals surface area contributed by atoms with Gasteiger partial charge in [0.2, 0.25) is 5.91 Å². The Hall–Kier alpha value is -5.03. The van der Waals surface area contributed by atoms with E-state index in [0.29, 0.717) is 35.5 Å². The van der Waals surface area contributed by atoms with Crippen molar-refractivity contribution >= 4 is 17.5 Å². The van der Waals surface area contributed by atoms with Crippen molar-refractivity contribution in [3.8, 4) is 28.0 Å². The first kappa shape index (κ1) is 32.4. The Morgan fingerprint density at radius 3 is 2.41 bits per heavy atom. The van der Waals surface area contributed by atoms with Crippen LogP contribution in [0.2, 0.25) is 0 Å². The van der Waals surface area contributed by atoms with E-state index < -0.39 is 17.2 Å². The van der Waals surface area contributed by atoms with Gasteiger partial charge < -0.3 is 25.3 Å². The lowest BCUT2D eigenvalue weighted by Gasteiger charge is -2.18. The number of nitrogens with one attached hydrogen (secondary N) is 3. The first-order valence-corrected chi connectivity index (χ1v) is 15.1. The maximum absolute atomic E-state index is 15.5. The molecule has 46 heavy (non-hydrogen) atoms. The van der Waals surface area contributed by atoms with Gasteiger partial charge in [-0.1, -0.05) is 30.3 Å². The summed E-state index contributed by atoms with van der Waals surface area (Å²) in [6, 6.07) is 14.8. The van der Waals surface area contributed by atoms with Crippen LogP contribution >= 0.6 is 0 Å². The molecule has 0 radical (unpaired) electrons. The largest absolute Gasteiger partial charge is 0.496 e. The number of hydrogen-bond acceptors (Lipinski definition) is 6. The number of nitrogens with zero attached hydrogens (tertiary/aromatic N) is 2. The van der Waals surface area contributed by atoms with Crippen LogP contribution in [0.25, 0.3) is 22.3 Å². The Morgan fingerprint density at radius 1 is 1.02 bits per heavy atom. The minimum atomic E-state index is -0.679. The molecule has 1 saturated heterocycles. The molecule has 0 spiro atoms. The summed E-state index contributed by atoms with van der Waals surface area (Å²) in [5, 5.41) is 9.04. The third-order valence-electron chi connectivity index (χ3n) is 8.64. The van der Waals surface area contributed by atoms with Crippen molar-refractivity contribution in [3.05, 3.63) is 104 Å². The highest BCUT2D eigenvalue weighted by atomic mass is 19.1. The van der Waals surface area contributed by atoms with Crippen molar-refractivity contribution in [1.82, 2.24) is 19.8 Å². The van der Waals surface area contributed by atoms with E-state index in [9.17, 15) is 19.2 Å². The van der Waals surface area contributed by atoms with Gasteiger partial charge in [0, 0.05) is 50.6 Å². The molecule has 1 aliphatic rings. The number of benzene rings is 3. The van der Waals surface area contributed by atoms with Crippen molar-refractivity contribution < 1.29 is 18.7 Å². The van der Waals surface area contributed by atoms with Crippen LogP contribution in [-0.2, 0) is 25.4 Å². The van der Waals surface area contributed by atoms with Gasteiger partial charge in [-0.15, -0.1) is 0 Å². The number of carbonyl (C=O) groups excluding carboxylic acids is 2. The smallest absolute Gasteiger partial charge is 0.330 e. The minimum Gasteiger partial charge on any atom is -0.496 e. The highest BCUT2D eigenvalue weighted by molar-refractivity contribution is 6.04. The quantitative estimate of drug-likeness (QED) is 0.227. The molecular weight excluding hydrogens is 589 g/mol. The number of hydrogen-bond donors (Lipinski definition) is 3. The summed E-state index contributed by atoms with van der Waals surface area (Å²) in [6.07, 6.45) is 3.38. The molecule has 0 saturated carbocycles. The van der Waals surface area contributed by atoms with E-state index in [1.54, 1.807) is 6.07 Å². The first-order valence-electron chi connectivity index (χ1n) is 15.1. The second-order valence-electron chi connectivity index (χ2n) is 11.6. The molecular formula is C35H38FN5O5. The summed E-state index contributed by atoms with van der Waals surface area (Å²) in [4.78, 5) is 49.2. The maximum Gasteiger partial charge on any atom is 0.330 e. The average molecular weight is 628 g/mol. The molecule has 4 aromatic rings. The Morgan fingerprint density at radius 2 is 1.72 bits per heavy atom. The fourth-order valence-electron chi connectivity index (χ4n) is 5.96. The number of halogens is 1. The van der Waals surface area contributed by atoms with Crippen LogP contribution in [0, 0.1) is 19.7 Å². The highest BCUT2D eigenvalue weighted by Gasteiger charge is 2.21. The summed E-state index contributed by atoms with van der Waals surface area (Å²) in [6.45, 7) is 4.77. The molecule has 0 aliphatic carbocycles. The van der Waals surface area contributed by atoms with Crippen LogP contribution in [-0.4, -0.2) is 40.6 Å². The van der Waals surface area contributed by atoms with Crippen LogP contribution < -0.4 is 31.9 Å². The van der Waals surface area contributed by atoms with Gasteiger partial charge in [0.25, 0.3) is 11.5 Å². The summed E-state index contributed by atoms with van der Waals surface area (Å²) < 4.78 is 23.2. The minimum absolute atomic E-state index is 0.0774. The third-order valence-corrected chi connectivity index (χ3v) is 8.64. The lowest BCUT2D eigenvalue weighted by Crippen LogP contribution is -2.40. The van der Waals surface area contributed by atoms with Gasteiger partial charge >= 0.3 is 5.69 Å². The Bertz CT molecular complexity index is 1950. The van der Waals surface area contributed by atoms with Crippen molar-refractivity contribution in [2.24, 2.45) is 14.1 Å². The van der Waals surface area contributed by atoms with Crippen molar-refractivity contribution in [2.45, 2.75) is 45.7 Å². The van der Waals surface area contributed by atoms with E-state index in [2.05, 4.69) is 16.0 Å². The number of ether oxygens (including phenoxy) is 1. The Balaban J connectivity index is 1.39. The molecule has 1 aliphatic heterocycles. The zero-order chi connectivity index (χ0) is 33.1. The highest BCUT2D eigenvalue weighted by Crippen LogP contribution is 2.37. The van der Waals surface area contributed by atoms with E-state index in [0.717, 1.165) is 45.2 Å². The molecule has 2 amide bonds. The molecule has 1 aromatic heterocycles. The van der Waals surface area contributed by atoms with Gasteiger partial charge in [0.1, 0.15) is 17.1 Å². The fraction of sp³-hybridized carbons (Fsp3) is 0.314. The second kappa shape index (κ2) is 13.5. The van der Waals surface area contributed by atoms with Crippen molar-refractivity contribution in [1.29, 1.82) is 0 Å². The number of aryl methyl sites for hydroxylation is 1. The van der Waals surface area contributed by atoms with Crippen LogP contribution in [0.5, 0.6) is 5.75 Å². The Kier molecular flexibility index (Phi) is 9.52. The van der Waals surface area contributed by atoms with Crippen LogP contribution in [0.1, 0.15) is 46.3 Å². The normalized spacial score (nSPS) is 14.3. The third kappa shape index (κ3) is 6.50. The van der Waals surface area contributed by atoms with Crippen molar-refractivity contribution in [3.63, 3.8) is 0 Å². The lowest BCUT2D eigenvalue weighted by molar-refractivity contribution is -0.119. The standard InChI is InChI=1S/C35H38FN5O5/c1-20-24(22-16-29(36)27(31(17-22)46-5)18-37-15-14-23-12-13-32(42)38-23)8-6-9-25(20)26-10-7-11-30(21(26)2)39-33(43)28-19-40(3)35(45)41(4)34(28)44/h6-11,16-17,19,23,37H,12-15,18H2,1-5H3,(H,38,42)(H,39,43)/t23-/m0/s1. The molecule has 11 heteroatoms. The molecule has 0 bridgehead atoms. The predicted octanol–water partition coefficient (Wildman–Crippen LogP) is 4.19. The molecule has 240 valence electrons. The SMILES string of the molecule is COc1cc(-c2cccc(-c3cccc(NC(=O)c4cn(C)c(=O)n(C)c4=O)c3C)c2C)cc(F)c1CNCC[C@@H]1CCC(=O)N1. The van der Waals surface area contributed by atoms with Crippen molar-refractivity contribution in [2.75, 3.05) is 19.0 Å². The molecule has 1 atom stereocenters. The number of anilines is 1. The van der Waals surface area contributed by atoms with Gasteiger partial charge in [-0.05, 0) is 84.8 Å². The van der Waals surface area contributed by atoms with Gasteiger partial charge in [-0.2, -0.15) is 0 Å². The van der Waals surface area contributed by atoms with E-state index in [-0.39, 0.29) is 29.9 Å². The lowest BCUT2D eigenvalue weighted by atomic mass is 9.90. The summed E-state index contributed by atoms with van der Waals surface area (Å²) in [5.74, 6) is -0.490. The van der Waals surface area contributed by atoms with Crippen LogP contribution in [0.4, 0.5) is 10.1 Å². The van der Waals surface area contributed by atoms with Gasteiger partial charge in [0.05, 0.1) is 7.11 Å². The van der Waals surface area contributed by atoms with E-state index in [4.69, 9.17) is 4.74 Å². The number of rotatable bonds is 10. The topological polar surface area (TPSA) is 123 Å². The van der Waals surface area contributed by atoms with Gasteiger partial charge in [-0.3, -0.25) is 19.0 Å². The van der Waals surface area contributed by atoms with Gasteiger partial charge in [-0.25, -0.2) is 9.18 Å². The molecule has 5 rings (SSSR count). The van der Waals surface area contributed by atoms with E-state index >= 15 is 4.39 Å². The van der Waals surface area contributed by atoms with E-state index in [1.165, 1.54) is 38.0 Å². The molecule has 3 aromatic carbocycles. The monoisotopic (exact) mass is 627 g/mol. The number of amides is 2. The van der Waals surface area contributed by atoms with Gasteiger partial charge in [0.15, 0.2) is 0 Å². The summed E-state index contributed by atoms with van der Waals surface area (Å²) in [5.41, 5.74) is 4.54. The second-order valence-corrected chi connectivity index (χ2v) is 11.6. The predicted molar refractivity (Wildman–Crippen MR) is 176 cm³/mol. The summed E-state index contributed by atoms with van der Waals surface area (Å²) >= 11 is 0. The molecule has 1 fully saturated rings. The average Bonchev–Trinajstić information content (AvgIpc) is 3.46. The maximum atomic E-state index is 15.5. The number of carbonyl (C=O) groups is 2. The Labute approximate surface area is 266 Å². The van der Waals surface area contributed by atoms with Crippen LogP contribution in [0.15, 0.2) is 64.3 Å². The zero-order valence-electron chi connectivity index (χ0n) is 26.6. The number of methoxy groups -OCH3 is 1. The fourth-order valence-corrected chi connectivity index (χ4v) is 5.96. The van der Waals surface area contributed by atoms with E-state index in [1.807, 2.05) is 50.2 Å². The zero-order valence-corrected chi connectivity index (χ0v) is 26.6. The molecule has 2 heterocycles. The molecule has 3 N–H and O–H groups in total.